The van der Waals surface area contributed by atoms with Gasteiger partial charge in [0, 0.05) is 38.2 Å². The van der Waals surface area contributed by atoms with E-state index in [0.29, 0.717) is 12.2 Å². The standard InChI is InChI=1S/C13H16N6O/c20-13(12-9-14-5-6-16-12)17-3-1-10-7-15-8-11-2-4-18-19(10)11/h2,4-6,9-10,15H,1,3,7-8H2,(H,17,20)/t10-/m0/s1. The van der Waals surface area contributed by atoms with E-state index in [4.69, 9.17) is 0 Å². The molecular formula is C13H16N6O. The summed E-state index contributed by atoms with van der Waals surface area (Å²) in [6.45, 7) is 2.30. The maximum atomic E-state index is 11.8. The van der Waals surface area contributed by atoms with Crippen LogP contribution in [0.2, 0.25) is 0 Å². The van der Waals surface area contributed by atoms with E-state index in [2.05, 4.69) is 25.7 Å². The van der Waals surface area contributed by atoms with Crippen molar-refractivity contribution in [2.75, 3.05) is 13.1 Å². The molecule has 0 spiro atoms. The molecule has 0 unspecified atom stereocenters. The van der Waals surface area contributed by atoms with Crippen molar-refractivity contribution in [2.24, 2.45) is 0 Å². The van der Waals surface area contributed by atoms with Gasteiger partial charge in [-0.15, -0.1) is 0 Å². The molecule has 0 saturated heterocycles. The van der Waals surface area contributed by atoms with Gasteiger partial charge in [0.1, 0.15) is 5.69 Å². The topological polar surface area (TPSA) is 84.7 Å². The summed E-state index contributed by atoms with van der Waals surface area (Å²) in [5, 5.41) is 10.5. The minimum atomic E-state index is -0.192. The second-order valence-corrected chi connectivity index (χ2v) is 4.69. The maximum Gasteiger partial charge on any atom is 0.271 e. The van der Waals surface area contributed by atoms with E-state index in [1.54, 1.807) is 6.20 Å². The van der Waals surface area contributed by atoms with E-state index in [1.165, 1.54) is 18.1 Å². The van der Waals surface area contributed by atoms with E-state index in [9.17, 15) is 4.79 Å². The lowest BCUT2D eigenvalue weighted by Crippen LogP contribution is -2.36. The Labute approximate surface area is 116 Å². The Bertz CT molecular complexity index is 582. The van der Waals surface area contributed by atoms with Gasteiger partial charge in [-0.05, 0) is 12.5 Å². The molecule has 0 saturated carbocycles. The zero-order valence-corrected chi connectivity index (χ0v) is 11.0. The number of fused-ring (bicyclic) bond motifs is 1. The zero-order chi connectivity index (χ0) is 13.8. The van der Waals surface area contributed by atoms with Crippen molar-refractivity contribution < 1.29 is 4.79 Å². The van der Waals surface area contributed by atoms with E-state index < -0.39 is 0 Å². The van der Waals surface area contributed by atoms with E-state index in [-0.39, 0.29) is 11.9 Å². The van der Waals surface area contributed by atoms with Crippen LogP contribution >= 0.6 is 0 Å². The van der Waals surface area contributed by atoms with Crippen LogP contribution in [0.4, 0.5) is 0 Å². The molecule has 20 heavy (non-hydrogen) atoms. The molecule has 7 nitrogen and oxygen atoms in total. The fourth-order valence-electron chi connectivity index (χ4n) is 2.35. The van der Waals surface area contributed by atoms with Crippen LogP contribution in [0.3, 0.4) is 0 Å². The fraction of sp³-hybridized carbons (Fsp3) is 0.385. The molecule has 104 valence electrons. The average molecular weight is 272 g/mol. The predicted octanol–water partition coefficient (Wildman–Crippen LogP) is 0.137. The average Bonchev–Trinajstić information content (AvgIpc) is 2.97. The highest BCUT2D eigenvalue weighted by atomic mass is 16.1. The van der Waals surface area contributed by atoms with Gasteiger partial charge in [-0.1, -0.05) is 0 Å². The molecule has 1 atom stereocenters. The first-order valence-electron chi connectivity index (χ1n) is 6.62. The number of hydrogen-bond donors (Lipinski definition) is 2. The lowest BCUT2D eigenvalue weighted by atomic mass is 10.1. The molecule has 7 heteroatoms. The van der Waals surface area contributed by atoms with E-state index in [0.717, 1.165) is 19.5 Å². The Morgan fingerprint density at radius 1 is 1.45 bits per heavy atom. The van der Waals surface area contributed by atoms with Crippen molar-refractivity contribution in [1.29, 1.82) is 0 Å². The summed E-state index contributed by atoms with van der Waals surface area (Å²) in [4.78, 5) is 19.7. The second kappa shape index (κ2) is 5.79. The molecule has 0 aromatic carbocycles. The van der Waals surface area contributed by atoms with Crippen LogP contribution in [-0.4, -0.2) is 38.7 Å². The number of aromatic nitrogens is 4. The van der Waals surface area contributed by atoms with Crippen molar-refractivity contribution in [3.8, 4) is 0 Å². The number of carbonyl (C=O) groups is 1. The molecule has 3 heterocycles. The summed E-state index contributed by atoms with van der Waals surface area (Å²) in [7, 11) is 0. The van der Waals surface area contributed by atoms with Gasteiger partial charge >= 0.3 is 0 Å². The van der Waals surface area contributed by atoms with Gasteiger partial charge in [0.05, 0.1) is 17.9 Å². The molecule has 0 radical (unpaired) electrons. The number of amides is 1. The summed E-state index contributed by atoms with van der Waals surface area (Å²) in [5.41, 5.74) is 1.52. The second-order valence-electron chi connectivity index (χ2n) is 4.69. The third-order valence-corrected chi connectivity index (χ3v) is 3.34. The van der Waals surface area contributed by atoms with E-state index in [1.807, 2.05) is 16.9 Å². The van der Waals surface area contributed by atoms with Crippen LogP contribution in [0.25, 0.3) is 0 Å². The SMILES string of the molecule is O=C(NCC[C@H]1CNCc2ccnn21)c1cnccn1. The van der Waals surface area contributed by atoms with Crippen LogP contribution in [0, 0.1) is 0 Å². The molecule has 0 fully saturated rings. The number of carbonyl (C=O) groups excluding carboxylic acids is 1. The lowest BCUT2D eigenvalue weighted by molar-refractivity contribution is 0.0945. The largest absolute Gasteiger partial charge is 0.351 e. The lowest BCUT2D eigenvalue weighted by Gasteiger charge is -2.25. The number of nitrogens with one attached hydrogen (secondary N) is 2. The quantitative estimate of drug-likeness (QED) is 0.827. The molecule has 1 aliphatic heterocycles. The van der Waals surface area contributed by atoms with E-state index >= 15 is 0 Å². The molecule has 2 N–H and O–H groups in total. The van der Waals surface area contributed by atoms with Crippen molar-refractivity contribution in [3.05, 3.63) is 42.2 Å². The Hall–Kier alpha value is -2.28. The highest BCUT2D eigenvalue weighted by molar-refractivity contribution is 5.91. The summed E-state index contributed by atoms with van der Waals surface area (Å²) < 4.78 is 2.03. The first kappa shape index (κ1) is 12.7. The normalized spacial score (nSPS) is 17.5. The Balaban J connectivity index is 1.53. The minimum Gasteiger partial charge on any atom is -0.351 e. The van der Waals surface area contributed by atoms with Gasteiger partial charge in [-0.25, -0.2) is 4.98 Å². The molecule has 1 amide bonds. The fourth-order valence-corrected chi connectivity index (χ4v) is 2.35. The zero-order valence-electron chi connectivity index (χ0n) is 11.0. The maximum absolute atomic E-state index is 11.8. The first-order valence-corrected chi connectivity index (χ1v) is 6.62. The van der Waals surface area contributed by atoms with Crippen molar-refractivity contribution >= 4 is 5.91 Å². The highest BCUT2D eigenvalue weighted by Gasteiger charge is 2.19. The van der Waals surface area contributed by atoms with Gasteiger partial charge < -0.3 is 10.6 Å². The van der Waals surface area contributed by atoms with Gasteiger partial charge in [0.2, 0.25) is 0 Å². The summed E-state index contributed by atoms with van der Waals surface area (Å²) in [6, 6.07) is 2.29. The van der Waals surface area contributed by atoms with Crippen molar-refractivity contribution in [3.63, 3.8) is 0 Å². The minimum absolute atomic E-state index is 0.192. The molecule has 2 aromatic heterocycles. The number of rotatable bonds is 4. The van der Waals surface area contributed by atoms with Crippen LogP contribution < -0.4 is 10.6 Å². The third kappa shape index (κ3) is 2.67. The van der Waals surface area contributed by atoms with Crippen LogP contribution in [0.15, 0.2) is 30.9 Å². The highest BCUT2D eigenvalue weighted by Crippen LogP contribution is 2.16. The van der Waals surface area contributed by atoms with Crippen molar-refractivity contribution in [2.45, 2.75) is 19.0 Å². The first-order chi connectivity index (χ1) is 9.84. The summed E-state index contributed by atoms with van der Waals surface area (Å²) >= 11 is 0. The Morgan fingerprint density at radius 2 is 2.40 bits per heavy atom. The summed E-state index contributed by atoms with van der Waals surface area (Å²) in [5.74, 6) is -0.192. The number of nitrogens with zero attached hydrogens (tertiary/aromatic N) is 4. The monoisotopic (exact) mass is 272 g/mol. The Kier molecular flexibility index (Phi) is 3.69. The molecule has 0 bridgehead atoms. The van der Waals surface area contributed by atoms with Crippen LogP contribution in [0.1, 0.15) is 28.6 Å². The van der Waals surface area contributed by atoms with Gasteiger partial charge in [-0.2, -0.15) is 5.10 Å². The molecule has 0 aliphatic carbocycles. The van der Waals surface area contributed by atoms with Crippen molar-refractivity contribution in [1.82, 2.24) is 30.4 Å². The molecule has 3 rings (SSSR count). The van der Waals surface area contributed by atoms with Crippen LogP contribution in [-0.2, 0) is 6.54 Å². The van der Waals surface area contributed by atoms with Gasteiger partial charge in [0.25, 0.3) is 5.91 Å². The predicted molar refractivity (Wildman–Crippen MR) is 72.0 cm³/mol. The molecule has 1 aliphatic rings. The van der Waals surface area contributed by atoms with Gasteiger partial charge in [-0.3, -0.25) is 14.5 Å². The molecular weight excluding hydrogens is 256 g/mol. The van der Waals surface area contributed by atoms with Gasteiger partial charge in [0.15, 0.2) is 0 Å². The third-order valence-electron chi connectivity index (χ3n) is 3.34. The Morgan fingerprint density at radius 3 is 3.25 bits per heavy atom. The number of hydrogen-bond acceptors (Lipinski definition) is 5. The van der Waals surface area contributed by atoms with Crippen LogP contribution in [0.5, 0.6) is 0 Å². The smallest absolute Gasteiger partial charge is 0.271 e. The summed E-state index contributed by atoms with van der Waals surface area (Å²) in [6.07, 6.45) is 7.16. The molecule has 2 aromatic rings.